The highest BCUT2D eigenvalue weighted by Crippen LogP contribution is 2.36. The number of H-pyrrole nitrogens is 1. The van der Waals surface area contributed by atoms with Crippen LogP contribution >= 0.6 is 25.3 Å². The lowest BCUT2D eigenvalue weighted by Crippen LogP contribution is -2.61. The van der Waals surface area contributed by atoms with Crippen molar-refractivity contribution in [1.82, 2.24) is 47.1 Å². The highest BCUT2D eigenvalue weighted by Gasteiger charge is 2.41. The average molecular weight is 1130 g/mol. The number of carboxylic acid groups (broad SMARTS) is 1. The van der Waals surface area contributed by atoms with Crippen LogP contribution in [-0.2, 0) is 59.2 Å². The van der Waals surface area contributed by atoms with Crippen LogP contribution in [0.25, 0.3) is 10.9 Å². The molecule has 2 aliphatic rings. The predicted octanol–water partition coefficient (Wildman–Crippen LogP) is -2.00. The number of hydrogen-bond donors (Lipinski definition) is 15. The fourth-order valence-corrected chi connectivity index (χ4v) is 10.1. The number of aromatic amines is 1. The van der Waals surface area contributed by atoms with Crippen molar-refractivity contribution < 1.29 is 57.8 Å². The van der Waals surface area contributed by atoms with Crippen molar-refractivity contribution in [3.8, 4) is 0 Å². The summed E-state index contributed by atoms with van der Waals surface area (Å²) in [6, 6.07) is -2.40. The summed E-state index contributed by atoms with van der Waals surface area (Å²) in [5.74, 6) is -10.9. The van der Waals surface area contributed by atoms with Crippen molar-refractivity contribution in [2.45, 2.75) is 157 Å². The minimum atomic E-state index is -1.80. The second-order valence-corrected chi connectivity index (χ2v) is 21.2. The number of aliphatic imine (C=N–C) groups is 1. The van der Waals surface area contributed by atoms with E-state index in [1.54, 1.807) is 20.0 Å². The zero-order valence-corrected chi connectivity index (χ0v) is 45.8. The molecule has 28 heteroatoms. The van der Waals surface area contributed by atoms with E-state index < -0.39 is 144 Å². The van der Waals surface area contributed by atoms with Crippen LogP contribution in [-0.4, -0.2) is 158 Å². The highest BCUT2D eigenvalue weighted by atomic mass is 32.1. The number of benzene rings is 1. The van der Waals surface area contributed by atoms with Crippen LogP contribution in [0.3, 0.4) is 0 Å². The number of likely N-dealkylation sites (tertiary alicyclic amines) is 1. The van der Waals surface area contributed by atoms with Crippen molar-refractivity contribution in [2.75, 3.05) is 25.4 Å². The Morgan fingerprint density at radius 3 is 2.06 bits per heavy atom. The van der Waals surface area contributed by atoms with E-state index in [2.05, 4.69) is 59.8 Å². The van der Waals surface area contributed by atoms with Gasteiger partial charge in [0.2, 0.25) is 59.1 Å². The number of carbonyl (C=O) groups excluding carboxylic acids is 10. The van der Waals surface area contributed by atoms with Crippen molar-refractivity contribution in [1.29, 1.82) is 0 Å². The number of amides is 10. The maximum Gasteiger partial charge on any atom is 0.303 e. The Morgan fingerprint density at radius 2 is 1.42 bits per heavy atom. The first-order valence-electron chi connectivity index (χ1n) is 26.1. The normalized spacial score (nSPS) is 17.5. The van der Waals surface area contributed by atoms with Crippen molar-refractivity contribution in [3.63, 3.8) is 0 Å². The molecule has 2 aromatic rings. The molecular formula is C50H76N14O12S2. The molecule has 26 nitrogen and oxygen atoms in total. The van der Waals surface area contributed by atoms with Gasteiger partial charge in [0, 0.05) is 60.0 Å². The largest absolute Gasteiger partial charge is 0.481 e. The Kier molecular flexibility index (Phi) is 25.0. The lowest BCUT2D eigenvalue weighted by Gasteiger charge is -2.33. The first-order valence-corrected chi connectivity index (χ1v) is 27.1. The Bertz CT molecular complexity index is 2520. The van der Waals surface area contributed by atoms with Gasteiger partial charge in [-0.05, 0) is 62.5 Å². The molecule has 1 saturated carbocycles. The molecule has 0 radical (unpaired) electrons. The van der Waals surface area contributed by atoms with Gasteiger partial charge in [-0.3, -0.25) is 57.7 Å². The zero-order valence-electron chi connectivity index (χ0n) is 44.0. The van der Waals surface area contributed by atoms with Crippen molar-refractivity contribution >= 4 is 107 Å². The van der Waals surface area contributed by atoms with Gasteiger partial charge in [-0.1, -0.05) is 57.7 Å². The summed E-state index contributed by atoms with van der Waals surface area (Å²) in [5, 5.41) is 28.4. The van der Waals surface area contributed by atoms with Gasteiger partial charge in [0.05, 0.1) is 13.0 Å². The smallest absolute Gasteiger partial charge is 0.303 e. The standard InChI is InChI=1S/C50H76N14O12S2/c1-3-27(2)41(63-45(73)33(21-28-24-56-30-12-6-5-11-29(28)30)58-39(67)23-50(78)17-7-4-8-18-50)47(75)60-32(15-16-40(68)69)43(71)61-34(22-37(51)65)44(72)62-35(26-77)48(76)64-20-10-14-36(64)46(74)59-31(13-9-19-55-49(53)54)42(70)57-25-38(52)66/h5-6,11-12,24,27,31-36,41,56,77-78H,3-4,7-10,13-23,25-26H2,1-2H3,(H2,51,65)(H2,52,66)(H,57,70)(H,58,67)(H,59,74)(H,60,75)(H,61,71)(H,62,72)(H,63,73)(H,68,69)(H4,53,54,55)/t27-,31-,32-,33+,34-,35-,36+,41-/m0/s1. The van der Waals surface area contributed by atoms with Crippen LogP contribution in [0.2, 0.25) is 0 Å². The zero-order chi connectivity index (χ0) is 57.7. The predicted molar refractivity (Wildman–Crippen MR) is 294 cm³/mol. The van der Waals surface area contributed by atoms with E-state index in [-0.39, 0.29) is 56.9 Å². The molecule has 0 spiro atoms. The first-order chi connectivity index (χ1) is 36.9. The summed E-state index contributed by atoms with van der Waals surface area (Å²) in [6.45, 7) is 3.07. The lowest BCUT2D eigenvalue weighted by molar-refractivity contribution is -0.142. The van der Waals surface area contributed by atoms with E-state index in [1.165, 1.54) is 4.90 Å². The fourth-order valence-electron chi connectivity index (χ4n) is 9.40. The maximum absolute atomic E-state index is 14.4. The molecule has 10 amide bonds. The third-order valence-corrected chi connectivity index (χ3v) is 14.8. The summed E-state index contributed by atoms with van der Waals surface area (Å²) in [5.41, 5.74) is 23.0. The van der Waals surface area contributed by atoms with Crippen LogP contribution in [0.1, 0.15) is 109 Å². The van der Waals surface area contributed by atoms with E-state index in [0.717, 1.165) is 43.0 Å². The highest BCUT2D eigenvalue weighted by molar-refractivity contribution is 7.81. The van der Waals surface area contributed by atoms with Crippen LogP contribution in [0.4, 0.5) is 0 Å². The summed E-state index contributed by atoms with van der Waals surface area (Å²) in [6.07, 6.45) is 5.18. The molecule has 0 unspecified atom stereocenters. The Balaban J connectivity index is 1.52. The second kappa shape index (κ2) is 30.7. The van der Waals surface area contributed by atoms with Gasteiger partial charge < -0.3 is 75.1 Å². The summed E-state index contributed by atoms with van der Waals surface area (Å²) in [4.78, 5) is 155. The number of para-hydroxylation sites is 1. The molecule has 430 valence electrons. The quantitative estimate of drug-likeness (QED) is 0.0168. The van der Waals surface area contributed by atoms with Crippen molar-refractivity contribution in [3.05, 3.63) is 36.0 Å². The van der Waals surface area contributed by atoms with E-state index >= 15 is 0 Å². The van der Waals surface area contributed by atoms with E-state index in [1.807, 2.05) is 24.3 Å². The molecular weight excluding hydrogens is 1050 g/mol. The summed E-state index contributed by atoms with van der Waals surface area (Å²) >= 11 is 9.10. The number of carbonyl (C=O) groups is 11. The number of aromatic nitrogens is 1. The number of guanidine groups is 1. The first kappa shape index (κ1) is 63.4. The molecule has 4 rings (SSSR count). The monoisotopic (exact) mass is 1130 g/mol. The third-order valence-electron chi connectivity index (χ3n) is 13.8. The molecule has 0 bridgehead atoms. The molecule has 17 N–H and O–H groups in total. The molecule has 1 saturated heterocycles. The van der Waals surface area contributed by atoms with Gasteiger partial charge >= 0.3 is 5.97 Å². The van der Waals surface area contributed by atoms with Gasteiger partial charge in [-0.25, -0.2) is 0 Å². The molecule has 2 fully saturated rings. The van der Waals surface area contributed by atoms with Gasteiger partial charge in [-0.15, -0.1) is 0 Å². The maximum atomic E-state index is 14.4. The Morgan fingerprint density at radius 1 is 0.782 bits per heavy atom. The number of nitrogens with two attached hydrogens (primary N) is 4. The van der Waals surface area contributed by atoms with Crippen LogP contribution in [0, 0.1) is 5.92 Å². The van der Waals surface area contributed by atoms with Gasteiger partial charge in [0.25, 0.3) is 0 Å². The fraction of sp³-hybridized carbons (Fsp3) is 0.600. The van der Waals surface area contributed by atoms with E-state index in [4.69, 9.17) is 35.6 Å². The van der Waals surface area contributed by atoms with E-state index in [0.29, 0.717) is 18.4 Å². The second-order valence-electron chi connectivity index (χ2n) is 19.9. The number of thiol groups is 2. The number of rotatable bonds is 31. The van der Waals surface area contributed by atoms with Crippen LogP contribution in [0.5, 0.6) is 0 Å². The third kappa shape index (κ3) is 19.7. The minimum Gasteiger partial charge on any atom is -0.481 e. The van der Waals surface area contributed by atoms with Crippen LogP contribution < -0.4 is 60.2 Å². The van der Waals surface area contributed by atoms with Crippen molar-refractivity contribution in [2.24, 2.45) is 33.8 Å². The SMILES string of the molecule is CC[C@H](C)[C@H](NC(=O)[C@@H](Cc1c[nH]c2ccccc12)NC(=O)CC1(S)CCCCC1)C(=O)N[C@@H](CCC(=O)O)C(=O)N[C@@H](CC(N)=O)C(=O)N[C@@H](CS)C(=O)N1CCC[C@@H]1C(=O)N[C@@H](CCCN=C(N)N)C(=O)NCC(N)=O. The molecule has 1 aromatic heterocycles. The minimum absolute atomic E-state index is 0.0258. The number of hydrogen-bond acceptors (Lipinski definition) is 14. The summed E-state index contributed by atoms with van der Waals surface area (Å²) < 4.78 is -0.558. The number of nitrogens with one attached hydrogen (secondary N) is 8. The number of carboxylic acids is 1. The Hall–Kier alpha value is -7.10. The Labute approximate surface area is 462 Å². The van der Waals surface area contributed by atoms with Gasteiger partial charge in [0.1, 0.15) is 42.3 Å². The molecule has 1 aliphatic carbocycles. The van der Waals surface area contributed by atoms with Gasteiger partial charge in [-0.2, -0.15) is 25.3 Å². The summed E-state index contributed by atoms with van der Waals surface area (Å²) in [7, 11) is 0. The lowest BCUT2D eigenvalue weighted by atomic mass is 9.85. The molecule has 1 aromatic carbocycles. The number of fused-ring (bicyclic) bond motifs is 1. The number of nitrogens with zero attached hydrogens (tertiary/aromatic N) is 2. The number of primary amides is 2. The molecule has 2 heterocycles. The molecule has 78 heavy (non-hydrogen) atoms. The van der Waals surface area contributed by atoms with Gasteiger partial charge in [0.15, 0.2) is 5.96 Å². The number of aliphatic carboxylic acids is 1. The van der Waals surface area contributed by atoms with E-state index in [9.17, 15) is 57.8 Å². The molecule has 8 atom stereocenters. The average Bonchev–Trinajstić information content (AvgIpc) is 4.07. The topological polar surface area (TPSA) is 428 Å². The molecule has 1 aliphatic heterocycles. The van der Waals surface area contributed by atoms with Crippen LogP contribution in [0.15, 0.2) is 35.5 Å².